The van der Waals surface area contributed by atoms with E-state index in [4.69, 9.17) is 14.6 Å². The highest BCUT2D eigenvalue weighted by Crippen LogP contribution is 2.37. The molecule has 4 aromatic rings. The van der Waals surface area contributed by atoms with Crippen LogP contribution in [0.5, 0.6) is 5.19 Å². The smallest absolute Gasteiger partial charge is 0.475 e. The zero-order valence-corrected chi connectivity index (χ0v) is 19.9. The van der Waals surface area contributed by atoms with Crippen molar-refractivity contribution in [3.8, 4) is 5.19 Å². The summed E-state index contributed by atoms with van der Waals surface area (Å²) in [7, 11) is 0. The van der Waals surface area contributed by atoms with Crippen LogP contribution in [-0.2, 0) is 4.79 Å². The molecule has 1 fully saturated rings. The Morgan fingerprint density at radius 3 is 2.51 bits per heavy atom. The molecule has 0 radical (unpaired) electrons. The number of rotatable bonds is 3. The molecule has 1 aliphatic rings. The average Bonchev–Trinajstić information content (AvgIpc) is 3.50. The SMILES string of the molecule is O=C(O)C(F)(F)F.O=C(c1cccn2ccnc12)N1CCC(F)(F)[C@@H](Oc2nc3c(F)c(F)c(F)cc3s2)C1. The standard InChI is InChI=1S/C20H13F5N4O2S.C2HF3O2/c21-11-8-12-16(15(23)14(11)22)27-19(32-12)31-13-9-29(6-3-20(13,24)25)18(30)10-2-1-5-28-7-4-26-17(10)28;3-2(4,5)1(6)7/h1-2,4-5,7-8,13H,3,6,9H2;(H,6,7)/t13-;/m0./s1. The van der Waals surface area contributed by atoms with E-state index in [1.165, 1.54) is 11.1 Å². The molecule has 39 heavy (non-hydrogen) atoms. The highest BCUT2D eigenvalue weighted by Gasteiger charge is 2.48. The van der Waals surface area contributed by atoms with E-state index in [1.807, 2.05) is 0 Å². The Labute approximate surface area is 216 Å². The van der Waals surface area contributed by atoms with Gasteiger partial charge in [0.2, 0.25) is 0 Å². The lowest BCUT2D eigenvalue weighted by atomic mass is 10.0. The minimum absolute atomic E-state index is 0.0885. The third-order valence-corrected chi connectivity index (χ3v) is 6.39. The molecule has 8 nitrogen and oxygen atoms in total. The minimum Gasteiger partial charge on any atom is -0.475 e. The lowest BCUT2D eigenvalue weighted by Crippen LogP contribution is -2.55. The number of carboxylic acid groups (broad SMARTS) is 1. The summed E-state index contributed by atoms with van der Waals surface area (Å²) < 4.78 is 109. The molecule has 0 spiro atoms. The van der Waals surface area contributed by atoms with Gasteiger partial charge in [-0.2, -0.15) is 18.2 Å². The van der Waals surface area contributed by atoms with E-state index in [-0.39, 0.29) is 22.0 Å². The number of pyridine rings is 1. The van der Waals surface area contributed by atoms with Gasteiger partial charge in [-0.15, -0.1) is 0 Å². The second kappa shape index (κ2) is 10.3. The molecular weight excluding hydrogens is 568 g/mol. The van der Waals surface area contributed by atoms with Crippen LogP contribution < -0.4 is 4.74 Å². The highest BCUT2D eigenvalue weighted by atomic mass is 32.1. The van der Waals surface area contributed by atoms with Crippen LogP contribution in [0.15, 0.2) is 36.8 Å². The number of alkyl halides is 5. The third kappa shape index (κ3) is 5.71. The van der Waals surface area contributed by atoms with E-state index in [9.17, 15) is 39.9 Å². The Kier molecular flexibility index (Phi) is 7.38. The predicted octanol–water partition coefficient (Wildman–Crippen LogP) is 4.92. The molecule has 1 N–H and O–H groups in total. The van der Waals surface area contributed by atoms with Crippen LogP contribution in [0.25, 0.3) is 15.9 Å². The lowest BCUT2D eigenvalue weighted by Gasteiger charge is -2.37. The second-order valence-electron chi connectivity index (χ2n) is 8.06. The molecule has 17 heteroatoms. The van der Waals surface area contributed by atoms with Gasteiger partial charge in [-0.3, -0.25) is 4.79 Å². The Balaban J connectivity index is 0.000000448. The van der Waals surface area contributed by atoms with E-state index in [0.717, 1.165) is 6.07 Å². The van der Waals surface area contributed by atoms with Crippen molar-refractivity contribution in [3.05, 3.63) is 59.8 Å². The number of thiazole rings is 1. The number of nitrogens with zero attached hydrogens (tertiary/aromatic N) is 4. The van der Waals surface area contributed by atoms with Crippen molar-refractivity contribution < 1.29 is 54.6 Å². The van der Waals surface area contributed by atoms with Crippen molar-refractivity contribution in [1.29, 1.82) is 0 Å². The number of aliphatic carboxylic acids is 1. The monoisotopic (exact) mass is 582 g/mol. The first-order valence-electron chi connectivity index (χ1n) is 10.7. The van der Waals surface area contributed by atoms with Crippen molar-refractivity contribution in [2.45, 2.75) is 24.6 Å². The van der Waals surface area contributed by atoms with Gasteiger partial charge < -0.3 is 19.1 Å². The number of halogens is 8. The van der Waals surface area contributed by atoms with Crippen molar-refractivity contribution >= 4 is 39.1 Å². The number of ether oxygens (including phenoxy) is 1. The largest absolute Gasteiger partial charge is 0.490 e. The maximum Gasteiger partial charge on any atom is 0.490 e. The van der Waals surface area contributed by atoms with E-state index < -0.39 is 66.0 Å². The van der Waals surface area contributed by atoms with E-state index >= 15 is 0 Å². The normalized spacial score (nSPS) is 17.1. The molecule has 0 bridgehead atoms. The molecule has 0 saturated carbocycles. The average molecular weight is 582 g/mol. The fourth-order valence-corrected chi connectivity index (χ4v) is 4.47. The number of benzene rings is 1. The number of carbonyl (C=O) groups is 2. The fraction of sp³-hybridized carbons (Fsp3) is 0.273. The number of aromatic nitrogens is 3. The Hall–Kier alpha value is -4.02. The van der Waals surface area contributed by atoms with Gasteiger partial charge in [-0.25, -0.2) is 31.7 Å². The third-order valence-electron chi connectivity index (χ3n) is 5.50. The number of carbonyl (C=O) groups excluding carboxylic acids is 1. The Morgan fingerprint density at radius 1 is 1.15 bits per heavy atom. The Bertz CT molecular complexity index is 1550. The first kappa shape index (κ1) is 28.0. The van der Waals surface area contributed by atoms with Crippen LogP contribution in [0.1, 0.15) is 16.8 Å². The summed E-state index contributed by atoms with van der Waals surface area (Å²) in [5.41, 5.74) is 0.120. The first-order valence-corrected chi connectivity index (χ1v) is 11.5. The van der Waals surface area contributed by atoms with Crippen LogP contribution in [0.4, 0.5) is 35.1 Å². The summed E-state index contributed by atoms with van der Waals surface area (Å²) in [5, 5.41) is 6.75. The predicted molar refractivity (Wildman–Crippen MR) is 118 cm³/mol. The molecule has 1 aliphatic heterocycles. The molecule has 1 aromatic carbocycles. The minimum atomic E-state index is -5.08. The number of imidazole rings is 1. The summed E-state index contributed by atoms with van der Waals surface area (Å²) in [6.45, 7) is -0.674. The van der Waals surface area contributed by atoms with Gasteiger partial charge in [0.25, 0.3) is 17.0 Å². The molecule has 5 rings (SSSR count). The first-order chi connectivity index (χ1) is 18.2. The van der Waals surface area contributed by atoms with Crippen molar-refractivity contribution in [1.82, 2.24) is 19.3 Å². The van der Waals surface area contributed by atoms with Gasteiger partial charge in [0, 0.05) is 31.6 Å². The number of fused-ring (bicyclic) bond motifs is 2. The van der Waals surface area contributed by atoms with Crippen molar-refractivity contribution in [2.24, 2.45) is 0 Å². The molecule has 1 saturated heterocycles. The van der Waals surface area contributed by atoms with Crippen molar-refractivity contribution in [2.75, 3.05) is 13.1 Å². The van der Waals surface area contributed by atoms with E-state index in [2.05, 4.69) is 9.97 Å². The van der Waals surface area contributed by atoms with Crippen LogP contribution in [0, 0.1) is 17.5 Å². The summed E-state index contributed by atoms with van der Waals surface area (Å²) in [6.07, 6.45) is -2.66. The topological polar surface area (TPSA) is 97.0 Å². The highest BCUT2D eigenvalue weighted by molar-refractivity contribution is 7.20. The van der Waals surface area contributed by atoms with E-state index in [1.54, 1.807) is 28.9 Å². The molecule has 3 aromatic heterocycles. The van der Waals surface area contributed by atoms with Gasteiger partial charge in [0.05, 0.1) is 16.8 Å². The van der Waals surface area contributed by atoms with Gasteiger partial charge in [0.15, 0.2) is 23.6 Å². The lowest BCUT2D eigenvalue weighted by molar-refractivity contribution is -0.192. The number of piperidine rings is 1. The molecule has 4 heterocycles. The molecule has 0 unspecified atom stereocenters. The molecule has 208 valence electrons. The second-order valence-corrected chi connectivity index (χ2v) is 9.06. The number of hydrogen-bond donors (Lipinski definition) is 1. The van der Waals surface area contributed by atoms with Crippen LogP contribution in [-0.4, -0.2) is 67.5 Å². The van der Waals surface area contributed by atoms with Crippen molar-refractivity contribution in [3.63, 3.8) is 0 Å². The zero-order valence-electron chi connectivity index (χ0n) is 19.1. The maximum absolute atomic E-state index is 14.6. The van der Waals surface area contributed by atoms with Gasteiger partial charge in [-0.05, 0) is 18.2 Å². The van der Waals surface area contributed by atoms with Gasteiger partial charge in [-0.1, -0.05) is 11.3 Å². The molecular formula is C22H14F8N4O4S. The molecule has 0 aliphatic carbocycles. The molecule has 1 atom stereocenters. The van der Waals surface area contributed by atoms with Crippen LogP contribution in [0.2, 0.25) is 0 Å². The number of likely N-dealkylation sites (tertiary alicyclic amines) is 1. The quantitative estimate of drug-likeness (QED) is 0.272. The zero-order chi connectivity index (χ0) is 28.7. The maximum atomic E-state index is 14.6. The number of amides is 1. The van der Waals surface area contributed by atoms with Crippen LogP contribution in [0.3, 0.4) is 0 Å². The summed E-state index contributed by atoms with van der Waals surface area (Å²) in [5.74, 6) is -11.2. The summed E-state index contributed by atoms with van der Waals surface area (Å²) in [4.78, 5) is 31.0. The van der Waals surface area contributed by atoms with Gasteiger partial charge in [0.1, 0.15) is 11.2 Å². The summed E-state index contributed by atoms with van der Waals surface area (Å²) >= 11 is 0.608. The number of carboxylic acids is 1. The summed E-state index contributed by atoms with van der Waals surface area (Å²) in [6, 6.07) is 3.91. The van der Waals surface area contributed by atoms with Crippen LogP contribution >= 0.6 is 11.3 Å². The Morgan fingerprint density at radius 2 is 1.85 bits per heavy atom. The number of hydrogen-bond acceptors (Lipinski definition) is 6. The fourth-order valence-electron chi connectivity index (χ4n) is 3.59. The van der Waals surface area contributed by atoms with E-state index in [0.29, 0.717) is 17.0 Å². The molecule has 1 amide bonds. The van der Waals surface area contributed by atoms with Gasteiger partial charge >= 0.3 is 12.1 Å².